The van der Waals surface area contributed by atoms with Gasteiger partial charge in [-0.25, -0.2) is 15.0 Å². The molecule has 0 aliphatic carbocycles. The molecule has 0 saturated heterocycles. The molecule has 0 amide bonds. The standard InChI is InChI=1S/C41H29B2N5/c1-4-13-30(14-5-1)35-25-28-48-42(29-35)38-36(19-12-20-37(38)47-27-11-10-26-43(47)48)31-21-23-34(24-22-31)41-45-39(32-15-6-2-7-16-32)44-40(46-41)33-17-8-3-9-18-33/h1-29H. The lowest BCUT2D eigenvalue weighted by molar-refractivity contribution is 0.880. The summed E-state index contributed by atoms with van der Waals surface area (Å²) in [5, 5.41) is 0. The monoisotopic (exact) mass is 613 g/mol. The molecule has 0 radical (unpaired) electrons. The molecule has 224 valence electrons. The lowest BCUT2D eigenvalue weighted by Gasteiger charge is -2.46. The van der Waals surface area contributed by atoms with Gasteiger partial charge in [-0.1, -0.05) is 145 Å². The van der Waals surface area contributed by atoms with Crippen molar-refractivity contribution in [1.82, 2.24) is 19.7 Å². The number of aromatic nitrogens is 3. The number of hydrogen-bond donors (Lipinski definition) is 0. The second-order valence-electron chi connectivity index (χ2n) is 12.1. The van der Waals surface area contributed by atoms with E-state index in [9.17, 15) is 0 Å². The third kappa shape index (κ3) is 4.97. The van der Waals surface area contributed by atoms with Crippen LogP contribution in [0.25, 0.3) is 50.9 Å². The van der Waals surface area contributed by atoms with Crippen molar-refractivity contribution < 1.29 is 0 Å². The molecule has 7 heteroatoms. The maximum Gasteiger partial charge on any atom is 0.395 e. The number of anilines is 1. The highest BCUT2D eigenvalue weighted by molar-refractivity contribution is 6.91. The normalized spacial score (nSPS) is 14.4. The summed E-state index contributed by atoms with van der Waals surface area (Å²) in [5.74, 6) is 6.65. The van der Waals surface area contributed by atoms with Crippen molar-refractivity contribution >= 4 is 30.6 Å². The predicted octanol–water partition coefficient (Wildman–Crippen LogP) is 8.12. The van der Waals surface area contributed by atoms with Crippen LogP contribution in [0.3, 0.4) is 0 Å². The quantitative estimate of drug-likeness (QED) is 0.184. The predicted molar refractivity (Wildman–Crippen MR) is 199 cm³/mol. The number of benzene rings is 5. The van der Waals surface area contributed by atoms with Gasteiger partial charge in [0.05, 0.1) is 0 Å². The van der Waals surface area contributed by atoms with Gasteiger partial charge in [-0.05, 0) is 58.3 Å². The minimum Gasteiger partial charge on any atom is -0.437 e. The molecule has 0 spiro atoms. The van der Waals surface area contributed by atoms with Gasteiger partial charge in [-0.3, -0.25) is 0 Å². The van der Waals surface area contributed by atoms with Gasteiger partial charge >= 0.3 is 13.8 Å². The van der Waals surface area contributed by atoms with Gasteiger partial charge in [-0.2, -0.15) is 0 Å². The molecule has 0 fully saturated rings. The van der Waals surface area contributed by atoms with E-state index in [1.54, 1.807) is 0 Å². The summed E-state index contributed by atoms with van der Waals surface area (Å²) in [6, 6.07) is 46.2. The summed E-state index contributed by atoms with van der Waals surface area (Å²) in [5.41, 5.74) is 10.2. The van der Waals surface area contributed by atoms with Crippen LogP contribution in [0.4, 0.5) is 5.69 Å². The molecule has 0 N–H and O–H groups in total. The molecule has 0 saturated carbocycles. The number of hydrogen-bond acceptors (Lipinski definition) is 5. The molecule has 1 aromatic heterocycles. The van der Waals surface area contributed by atoms with Gasteiger partial charge in [0.2, 0.25) is 0 Å². The SMILES string of the molecule is C1=CB2N3C=CC(c4ccccc4)=CB3c3c(-c4ccc(-c5nc(-c6ccccc6)nc(-c6ccccc6)n5)cc4)cccc3N2C=C1. The first-order valence-corrected chi connectivity index (χ1v) is 16.3. The van der Waals surface area contributed by atoms with E-state index < -0.39 is 0 Å². The van der Waals surface area contributed by atoms with Crippen molar-refractivity contribution in [3.8, 4) is 45.3 Å². The number of nitrogens with zero attached hydrogens (tertiary/aromatic N) is 5. The lowest BCUT2D eigenvalue weighted by atomic mass is 9.41. The van der Waals surface area contributed by atoms with Crippen molar-refractivity contribution in [2.45, 2.75) is 0 Å². The largest absolute Gasteiger partial charge is 0.437 e. The molecule has 5 aromatic carbocycles. The van der Waals surface area contributed by atoms with Crippen molar-refractivity contribution in [1.29, 1.82) is 0 Å². The van der Waals surface area contributed by atoms with Gasteiger partial charge in [-0.15, -0.1) is 0 Å². The molecule has 0 bridgehead atoms. The maximum atomic E-state index is 4.94. The fourth-order valence-corrected chi connectivity index (χ4v) is 6.91. The fourth-order valence-electron chi connectivity index (χ4n) is 6.91. The summed E-state index contributed by atoms with van der Waals surface area (Å²) in [7, 11) is 0. The zero-order valence-electron chi connectivity index (χ0n) is 26.1. The van der Waals surface area contributed by atoms with E-state index in [4.69, 9.17) is 15.0 Å². The highest BCUT2D eigenvalue weighted by Gasteiger charge is 2.43. The number of fused-ring (bicyclic) bond motifs is 6. The lowest BCUT2D eigenvalue weighted by Crippen LogP contribution is -2.64. The summed E-state index contributed by atoms with van der Waals surface area (Å²) < 4.78 is 2.45. The van der Waals surface area contributed by atoms with Crippen LogP contribution in [0.2, 0.25) is 0 Å². The molecule has 6 aromatic rings. The Bertz CT molecular complexity index is 2190. The average Bonchev–Trinajstić information content (AvgIpc) is 3.18. The van der Waals surface area contributed by atoms with Gasteiger partial charge < -0.3 is 9.53 Å². The molecular formula is C41H29B2N5. The third-order valence-corrected chi connectivity index (χ3v) is 9.23. The number of allylic oxidation sites excluding steroid dienone is 4. The molecular weight excluding hydrogens is 584 g/mol. The Morgan fingerprint density at radius 2 is 1.04 bits per heavy atom. The third-order valence-electron chi connectivity index (χ3n) is 9.23. The van der Waals surface area contributed by atoms with Crippen LogP contribution in [0.5, 0.6) is 0 Å². The van der Waals surface area contributed by atoms with Crippen molar-refractivity contribution in [3.63, 3.8) is 0 Å². The Hall–Kier alpha value is -6.20. The molecule has 3 aliphatic heterocycles. The van der Waals surface area contributed by atoms with Crippen molar-refractivity contribution in [2.75, 3.05) is 4.81 Å². The molecule has 48 heavy (non-hydrogen) atoms. The van der Waals surface area contributed by atoms with E-state index in [0.29, 0.717) is 17.5 Å². The van der Waals surface area contributed by atoms with Crippen LogP contribution in [-0.4, -0.2) is 33.5 Å². The fraction of sp³-hybridized carbons (Fsp3) is 0. The van der Waals surface area contributed by atoms with E-state index in [2.05, 4.69) is 125 Å². The first kappa shape index (κ1) is 28.1. The van der Waals surface area contributed by atoms with Crippen LogP contribution in [-0.2, 0) is 0 Å². The van der Waals surface area contributed by atoms with E-state index in [-0.39, 0.29) is 13.8 Å². The molecule has 0 atom stereocenters. The molecule has 3 aliphatic rings. The summed E-state index contributed by atoms with van der Waals surface area (Å²) in [4.78, 5) is 17.1. The van der Waals surface area contributed by atoms with Gasteiger partial charge in [0, 0.05) is 22.4 Å². The van der Waals surface area contributed by atoms with Gasteiger partial charge in [0.15, 0.2) is 17.5 Å². The first-order valence-electron chi connectivity index (χ1n) is 16.3. The van der Waals surface area contributed by atoms with Crippen molar-refractivity contribution in [2.24, 2.45) is 0 Å². The molecule has 4 heterocycles. The van der Waals surface area contributed by atoms with Crippen LogP contribution in [0.15, 0.2) is 176 Å². The van der Waals surface area contributed by atoms with Crippen LogP contribution >= 0.6 is 0 Å². The Kier molecular flexibility index (Phi) is 6.94. The Morgan fingerprint density at radius 3 is 1.67 bits per heavy atom. The zero-order chi connectivity index (χ0) is 31.9. The highest BCUT2D eigenvalue weighted by Crippen LogP contribution is 2.35. The average molecular weight is 613 g/mol. The van der Waals surface area contributed by atoms with Gasteiger partial charge in [0.25, 0.3) is 0 Å². The minimum absolute atomic E-state index is 0.0684. The molecule has 9 rings (SSSR count). The first-order chi connectivity index (χ1) is 23.8. The van der Waals surface area contributed by atoms with E-state index in [0.717, 1.165) is 22.3 Å². The highest BCUT2D eigenvalue weighted by atomic mass is 15.2. The Morgan fingerprint density at radius 1 is 0.479 bits per heavy atom. The van der Waals surface area contributed by atoms with E-state index >= 15 is 0 Å². The Balaban J connectivity index is 1.14. The van der Waals surface area contributed by atoms with E-state index in [1.165, 1.54) is 27.9 Å². The van der Waals surface area contributed by atoms with E-state index in [1.807, 2.05) is 60.7 Å². The summed E-state index contributed by atoms with van der Waals surface area (Å²) in [6.45, 7) is 0.176. The zero-order valence-corrected chi connectivity index (χ0v) is 26.1. The van der Waals surface area contributed by atoms with Crippen molar-refractivity contribution in [3.05, 3.63) is 182 Å². The van der Waals surface area contributed by atoms with Crippen LogP contribution in [0.1, 0.15) is 5.56 Å². The Labute approximate surface area is 281 Å². The molecule has 0 unspecified atom stereocenters. The van der Waals surface area contributed by atoms with Gasteiger partial charge in [0.1, 0.15) is 0 Å². The topological polar surface area (TPSA) is 45.2 Å². The summed E-state index contributed by atoms with van der Waals surface area (Å²) >= 11 is 0. The number of rotatable bonds is 5. The minimum atomic E-state index is 0.0684. The smallest absolute Gasteiger partial charge is 0.395 e. The summed E-state index contributed by atoms with van der Waals surface area (Å²) in [6.07, 6.45) is 10.9. The van der Waals surface area contributed by atoms with Crippen LogP contribution < -0.4 is 10.3 Å². The van der Waals surface area contributed by atoms with Crippen LogP contribution in [0, 0.1) is 0 Å². The molecule has 5 nitrogen and oxygen atoms in total. The second-order valence-corrected chi connectivity index (χ2v) is 12.1. The maximum absolute atomic E-state index is 4.94. The second kappa shape index (κ2) is 11.9.